The van der Waals surface area contributed by atoms with Crippen molar-refractivity contribution in [2.75, 3.05) is 5.75 Å². The van der Waals surface area contributed by atoms with E-state index < -0.39 is 0 Å². The van der Waals surface area contributed by atoms with Gasteiger partial charge >= 0.3 is 0 Å². The Kier molecular flexibility index (Phi) is 5.09. The van der Waals surface area contributed by atoms with Crippen molar-refractivity contribution >= 4 is 29.3 Å². The van der Waals surface area contributed by atoms with Gasteiger partial charge in [-0.25, -0.2) is 4.98 Å². The molecule has 0 spiro atoms. The van der Waals surface area contributed by atoms with E-state index in [1.54, 1.807) is 6.20 Å². The Morgan fingerprint density at radius 1 is 1.50 bits per heavy atom. The lowest BCUT2D eigenvalue weighted by molar-refractivity contribution is -0.119. The third-order valence-electron chi connectivity index (χ3n) is 2.86. The lowest BCUT2D eigenvalue weighted by Crippen LogP contribution is -2.28. The first-order chi connectivity index (χ1) is 9.58. The van der Waals surface area contributed by atoms with Crippen LogP contribution in [0.5, 0.6) is 0 Å². The lowest BCUT2D eigenvalue weighted by atomic mass is 10.1. The van der Waals surface area contributed by atoms with Gasteiger partial charge in [0.15, 0.2) is 5.16 Å². The van der Waals surface area contributed by atoms with Gasteiger partial charge in [-0.1, -0.05) is 41.6 Å². The number of carbonyl (C=O) groups excluding carboxylic acids is 1. The van der Waals surface area contributed by atoms with Gasteiger partial charge in [0.1, 0.15) is 0 Å². The van der Waals surface area contributed by atoms with Crippen LogP contribution in [-0.2, 0) is 11.8 Å². The molecule has 0 unspecified atom stereocenters. The van der Waals surface area contributed by atoms with Crippen LogP contribution in [0.3, 0.4) is 0 Å². The molecule has 4 nitrogen and oxygen atoms in total. The zero-order valence-electron chi connectivity index (χ0n) is 11.3. The minimum Gasteiger partial charge on any atom is -0.349 e. The number of halogens is 1. The van der Waals surface area contributed by atoms with Crippen LogP contribution in [0.15, 0.2) is 41.8 Å². The summed E-state index contributed by atoms with van der Waals surface area (Å²) in [5.41, 5.74) is 0.921. The third-order valence-corrected chi connectivity index (χ3v) is 4.26. The molecule has 0 saturated heterocycles. The summed E-state index contributed by atoms with van der Waals surface area (Å²) in [5.74, 6) is 0.296. The number of rotatable bonds is 5. The van der Waals surface area contributed by atoms with Gasteiger partial charge in [0.05, 0.1) is 11.8 Å². The van der Waals surface area contributed by atoms with Crippen molar-refractivity contribution in [3.8, 4) is 0 Å². The van der Waals surface area contributed by atoms with Crippen molar-refractivity contribution in [3.63, 3.8) is 0 Å². The summed E-state index contributed by atoms with van der Waals surface area (Å²) in [5, 5.41) is 4.43. The van der Waals surface area contributed by atoms with Gasteiger partial charge in [0.2, 0.25) is 5.91 Å². The summed E-state index contributed by atoms with van der Waals surface area (Å²) in [6.07, 6.45) is 3.57. The Labute approximate surface area is 127 Å². The highest BCUT2D eigenvalue weighted by Crippen LogP contribution is 2.22. The van der Waals surface area contributed by atoms with Crippen molar-refractivity contribution in [1.29, 1.82) is 0 Å². The van der Waals surface area contributed by atoms with Crippen LogP contribution in [-0.4, -0.2) is 21.2 Å². The Morgan fingerprint density at radius 3 is 2.90 bits per heavy atom. The molecule has 2 aromatic rings. The first-order valence-electron chi connectivity index (χ1n) is 6.22. The molecule has 1 N–H and O–H groups in total. The average Bonchev–Trinajstić information content (AvgIpc) is 2.82. The van der Waals surface area contributed by atoms with E-state index >= 15 is 0 Å². The second-order valence-electron chi connectivity index (χ2n) is 4.42. The molecule has 0 aliphatic carbocycles. The predicted molar refractivity (Wildman–Crippen MR) is 81.9 cm³/mol. The number of nitrogens with one attached hydrogen (secondary N) is 1. The van der Waals surface area contributed by atoms with Gasteiger partial charge in [0.25, 0.3) is 0 Å². The Balaban J connectivity index is 1.88. The molecule has 2 rings (SSSR count). The monoisotopic (exact) mass is 309 g/mol. The van der Waals surface area contributed by atoms with Crippen molar-refractivity contribution in [2.45, 2.75) is 18.1 Å². The van der Waals surface area contributed by atoms with E-state index in [2.05, 4.69) is 10.3 Å². The molecule has 0 bridgehead atoms. The Hall–Kier alpha value is -1.46. The van der Waals surface area contributed by atoms with Crippen molar-refractivity contribution in [2.24, 2.45) is 7.05 Å². The highest BCUT2D eigenvalue weighted by molar-refractivity contribution is 7.99. The van der Waals surface area contributed by atoms with E-state index in [1.165, 1.54) is 11.8 Å². The molecule has 0 fully saturated rings. The summed E-state index contributed by atoms with van der Waals surface area (Å²) >= 11 is 7.52. The van der Waals surface area contributed by atoms with E-state index in [4.69, 9.17) is 11.6 Å². The van der Waals surface area contributed by atoms with E-state index in [1.807, 2.05) is 49.0 Å². The number of aryl methyl sites for hydroxylation is 1. The largest absolute Gasteiger partial charge is 0.349 e. The SMILES string of the molecule is C[C@@H](NC(=O)CSc1nccn1C)c1ccccc1Cl. The Bertz CT molecular complexity index is 600. The first-order valence-corrected chi connectivity index (χ1v) is 7.58. The minimum absolute atomic E-state index is 0.0366. The fourth-order valence-electron chi connectivity index (χ4n) is 1.81. The van der Waals surface area contributed by atoms with Crippen LogP contribution in [0.2, 0.25) is 5.02 Å². The normalized spacial score (nSPS) is 12.2. The lowest BCUT2D eigenvalue weighted by Gasteiger charge is -2.15. The van der Waals surface area contributed by atoms with Crippen molar-refractivity contribution < 1.29 is 4.79 Å². The fourth-order valence-corrected chi connectivity index (χ4v) is 2.85. The number of imidazole rings is 1. The highest BCUT2D eigenvalue weighted by atomic mass is 35.5. The maximum Gasteiger partial charge on any atom is 0.230 e. The van der Waals surface area contributed by atoms with E-state index in [9.17, 15) is 4.79 Å². The topological polar surface area (TPSA) is 46.9 Å². The second kappa shape index (κ2) is 6.81. The van der Waals surface area contributed by atoms with Crippen LogP contribution >= 0.6 is 23.4 Å². The molecule has 0 aliphatic rings. The third kappa shape index (κ3) is 3.77. The number of nitrogens with zero attached hydrogens (tertiary/aromatic N) is 2. The number of amides is 1. The smallest absolute Gasteiger partial charge is 0.230 e. The number of aromatic nitrogens is 2. The number of thioether (sulfide) groups is 1. The predicted octanol–water partition coefficient (Wildman–Crippen LogP) is 3.04. The summed E-state index contributed by atoms with van der Waals surface area (Å²) in [7, 11) is 1.90. The Morgan fingerprint density at radius 2 is 2.25 bits per heavy atom. The summed E-state index contributed by atoms with van der Waals surface area (Å²) in [6.45, 7) is 1.92. The van der Waals surface area contributed by atoms with Crippen LogP contribution in [0, 0.1) is 0 Å². The molecule has 0 radical (unpaired) electrons. The molecule has 0 aliphatic heterocycles. The first kappa shape index (κ1) is 14.9. The average molecular weight is 310 g/mol. The van der Waals surface area contributed by atoms with Crippen LogP contribution in [0.25, 0.3) is 0 Å². The van der Waals surface area contributed by atoms with Crippen LogP contribution < -0.4 is 5.32 Å². The van der Waals surface area contributed by atoms with Gasteiger partial charge < -0.3 is 9.88 Å². The van der Waals surface area contributed by atoms with Crippen LogP contribution in [0.4, 0.5) is 0 Å². The van der Waals surface area contributed by atoms with Crippen molar-refractivity contribution in [1.82, 2.24) is 14.9 Å². The zero-order chi connectivity index (χ0) is 14.5. The zero-order valence-corrected chi connectivity index (χ0v) is 12.9. The molecular formula is C14H16ClN3OS. The highest BCUT2D eigenvalue weighted by Gasteiger charge is 2.13. The number of carbonyl (C=O) groups is 1. The van der Waals surface area contributed by atoms with E-state index in [-0.39, 0.29) is 11.9 Å². The molecule has 1 atom stereocenters. The van der Waals surface area contributed by atoms with E-state index in [0.717, 1.165) is 10.7 Å². The molecule has 1 aromatic heterocycles. The molecule has 0 saturated carbocycles. The molecule has 20 heavy (non-hydrogen) atoms. The summed E-state index contributed by atoms with van der Waals surface area (Å²) < 4.78 is 1.88. The van der Waals surface area contributed by atoms with Gasteiger partial charge in [0, 0.05) is 24.5 Å². The number of hydrogen-bond donors (Lipinski definition) is 1. The maximum atomic E-state index is 11.9. The van der Waals surface area contributed by atoms with Gasteiger partial charge in [-0.3, -0.25) is 4.79 Å². The van der Waals surface area contributed by atoms with Gasteiger partial charge in [-0.2, -0.15) is 0 Å². The number of benzene rings is 1. The molecule has 1 amide bonds. The molecule has 1 heterocycles. The van der Waals surface area contributed by atoms with Gasteiger partial charge in [-0.15, -0.1) is 0 Å². The molecule has 6 heteroatoms. The number of hydrogen-bond acceptors (Lipinski definition) is 3. The molecule has 106 valence electrons. The quantitative estimate of drug-likeness (QED) is 0.864. The minimum atomic E-state index is -0.113. The molecule has 1 aromatic carbocycles. The fraction of sp³-hybridized carbons (Fsp3) is 0.286. The second-order valence-corrected chi connectivity index (χ2v) is 5.77. The summed E-state index contributed by atoms with van der Waals surface area (Å²) in [4.78, 5) is 16.1. The molecular weight excluding hydrogens is 294 g/mol. The van der Waals surface area contributed by atoms with E-state index in [0.29, 0.717) is 10.8 Å². The van der Waals surface area contributed by atoms with Crippen molar-refractivity contribution in [3.05, 3.63) is 47.2 Å². The standard InChI is InChI=1S/C14H16ClN3OS/c1-10(11-5-3-4-6-12(11)15)17-13(19)9-20-14-16-7-8-18(14)2/h3-8,10H,9H2,1-2H3,(H,17,19)/t10-/m1/s1. The van der Waals surface area contributed by atoms with Gasteiger partial charge in [-0.05, 0) is 18.6 Å². The maximum absolute atomic E-state index is 11.9. The summed E-state index contributed by atoms with van der Waals surface area (Å²) in [6, 6.07) is 7.41. The van der Waals surface area contributed by atoms with Crippen LogP contribution in [0.1, 0.15) is 18.5 Å².